The number of nitrogens with zero attached hydrogens (tertiary/aromatic N) is 2. The molecule has 2 aromatic heterocycles. The molecule has 4 aliphatic rings. The van der Waals surface area contributed by atoms with Gasteiger partial charge in [-0.3, -0.25) is 28.6 Å². The number of hydrogen-bond acceptors (Lipinski definition) is 8. The smallest absolute Gasteiger partial charge is 0.326 e. The highest BCUT2D eigenvalue weighted by molar-refractivity contribution is 8.00. The number of rotatable bonds is 5. The number of imide groups is 1. The Kier molecular flexibility index (Phi) is 5.72. The topological polar surface area (TPSA) is 85.7 Å². The van der Waals surface area contributed by atoms with Crippen LogP contribution in [0.4, 0.5) is 5.69 Å². The second-order valence-corrected chi connectivity index (χ2v) is 13.7. The summed E-state index contributed by atoms with van der Waals surface area (Å²) in [5.41, 5.74) is 1.72. The molecule has 0 radical (unpaired) electrons. The standard InChI is InChI=1S/C28H26N2O5S3/c1-3-35-18(31)12-29-27-24(38-28(29)34)22(17-5-4-10-36-17)19-15-11-16(23(19)37-27)21-20(15)25(32)30(26(21)33)14-8-6-13(2)7-9-14/h4-10,15-16,19-23H,3,11-12H2,1-2H3. The zero-order valence-electron chi connectivity index (χ0n) is 20.9. The van der Waals surface area contributed by atoms with Gasteiger partial charge in [0.15, 0.2) is 0 Å². The van der Waals surface area contributed by atoms with E-state index in [2.05, 4.69) is 6.07 Å². The zero-order chi connectivity index (χ0) is 26.3. The van der Waals surface area contributed by atoms with Crippen LogP contribution >= 0.6 is 34.4 Å². The molecule has 0 N–H and O–H groups in total. The number of carbonyl (C=O) groups excluding carboxylic acids is 3. The summed E-state index contributed by atoms with van der Waals surface area (Å²) in [5.74, 6) is -1.00. The highest BCUT2D eigenvalue weighted by Gasteiger charge is 2.70. The largest absolute Gasteiger partial charge is 0.465 e. The Hall–Kier alpha value is -2.69. The van der Waals surface area contributed by atoms with Crippen molar-refractivity contribution in [1.82, 2.24) is 4.57 Å². The first-order valence-electron chi connectivity index (χ1n) is 12.9. The molecule has 7 atom stereocenters. The fourth-order valence-corrected chi connectivity index (χ4v) is 11.4. The average molecular weight is 567 g/mol. The van der Waals surface area contributed by atoms with Gasteiger partial charge in [0.2, 0.25) is 11.8 Å². The van der Waals surface area contributed by atoms with Crippen molar-refractivity contribution in [3.63, 3.8) is 0 Å². The first kappa shape index (κ1) is 24.4. The van der Waals surface area contributed by atoms with Gasteiger partial charge in [0.05, 0.1) is 29.2 Å². The van der Waals surface area contributed by atoms with Crippen molar-refractivity contribution < 1.29 is 19.1 Å². The normalized spacial score (nSPS) is 30.9. The molecule has 2 bridgehead atoms. The predicted octanol–water partition coefficient (Wildman–Crippen LogP) is 4.52. The summed E-state index contributed by atoms with van der Waals surface area (Å²) in [4.78, 5) is 56.5. The SMILES string of the molecule is CCOC(=O)Cn1c2c(sc1=O)C(c1cccs1)C1C3CC(C1S2)C1C(=O)N(c2ccc(C)cc2)C(=O)C31. The van der Waals surface area contributed by atoms with Crippen LogP contribution in [0.3, 0.4) is 0 Å². The number of amides is 2. The van der Waals surface area contributed by atoms with Gasteiger partial charge in [-0.05, 0) is 61.6 Å². The fraction of sp³-hybridized carbons (Fsp3) is 0.429. The maximum absolute atomic E-state index is 13.8. The Bertz CT molecular complexity index is 1510. The summed E-state index contributed by atoms with van der Waals surface area (Å²) in [7, 11) is 0. The van der Waals surface area contributed by atoms with Crippen LogP contribution < -0.4 is 9.77 Å². The highest BCUT2D eigenvalue weighted by atomic mass is 32.2. The van der Waals surface area contributed by atoms with E-state index < -0.39 is 5.97 Å². The van der Waals surface area contributed by atoms with E-state index in [0.717, 1.165) is 21.9 Å². The number of carbonyl (C=O) groups is 3. The van der Waals surface area contributed by atoms with E-state index in [1.807, 2.05) is 42.6 Å². The summed E-state index contributed by atoms with van der Waals surface area (Å²) >= 11 is 4.51. The van der Waals surface area contributed by atoms with Crippen molar-refractivity contribution >= 4 is 57.9 Å². The maximum atomic E-state index is 13.8. The molecule has 196 valence electrons. The molecule has 3 fully saturated rings. The number of aryl methyl sites for hydroxylation is 1. The molecule has 3 aromatic rings. The van der Waals surface area contributed by atoms with E-state index in [-0.39, 0.29) is 70.6 Å². The molecule has 0 spiro atoms. The monoisotopic (exact) mass is 566 g/mol. The van der Waals surface area contributed by atoms with E-state index >= 15 is 0 Å². The highest BCUT2D eigenvalue weighted by Crippen LogP contribution is 2.69. The second-order valence-electron chi connectivity index (χ2n) is 10.5. The quantitative estimate of drug-likeness (QED) is 0.334. The Labute approximate surface area is 231 Å². The Morgan fingerprint density at radius 3 is 2.47 bits per heavy atom. The molecule has 7 nitrogen and oxygen atoms in total. The minimum absolute atomic E-state index is 0.0235. The van der Waals surface area contributed by atoms with Gasteiger partial charge in [0, 0.05) is 20.9 Å². The van der Waals surface area contributed by atoms with Crippen molar-refractivity contribution in [2.24, 2.45) is 29.6 Å². The molecular weight excluding hydrogens is 541 g/mol. The van der Waals surface area contributed by atoms with Gasteiger partial charge in [-0.2, -0.15) is 0 Å². The lowest BCUT2D eigenvalue weighted by molar-refractivity contribution is -0.144. The predicted molar refractivity (Wildman–Crippen MR) is 147 cm³/mol. The number of fused-ring (bicyclic) bond motifs is 9. The fourth-order valence-electron chi connectivity index (χ4n) is 7.33. The van der Waals surface area contributed by atoms with Crippen molar-refractivity contribution in [1.29, 1.82) is 0 Å². The Morgan fingerprint density at radius 1 is 1.05 bits per heavy atom. The van der Waals surface area contributed by atoms with E-state index in [4.69, 9.17) is 4.74 Å². The van der Waals surface area contributed by atoms with Gasteiger partial charge in [0.1, 0.15) is 6.54 Å². The third kappa shape index (κ3) is 3.39. The number of hydrogen-bond donors (Lipinski definition) is 0. The molecule has 1 saturated heterocycles. The molecule has 2 aliphatic carbocycles. The van der Waals surface area contributed by atoms with Crippen LogP contribution in [0.2, 0.25) is 0 Å². The third-order valence-electron chi connectivity index (χ3n) is 8.68. The van der Waals surface area contributed by atoms with Crippen LogP contribution in [-0.4, -0.2) is 34.2 Å². The summed E-state index contributed by atoms with van der Waals surface area (Å²) < 4.78 is 6.71. The Morgan fingerprint density at radius 2 is 1.79 bits per heavy atom. The van der Waals surface area contributed by atoms with Crippen LogP contribution in [0.5, 0.6) is 0 Å². The van der Waals surface area contributed by atoms with Crippen LogP contribution in [-0.2, 0) is 25.7 Å². The number of thioether (sulfide) groups is 1. The lowest BCUT2D eigenvalue weighted by atomic mass is 9.69. The second kappa shape index (κ2) is 8.93. The van der Waals surface area contributed by atoms with Gasteiger partial charge >= 0.3 is 10.8 Å². The molecular formula is C28H26N2O5S3. The number of aromatic nitrogens is 1. The number of ether oxygens (including phenoxy) is 1. The van der Waals surface area contributed by atoms with Gasteiger partial charge in [-0.1, -0.05) is 35.1 Å². The summed E-state index contributed by atoms with van der Waals surface area (Å²) in [6.45, 7) is 3.88. The van der Waals surface area contributed by atoms with Crippen LogP contribution in [0, 0.1) is 36.5 Å². The van der Waals surface area contributed by atoms with E-state index in [9.17, 15) is 19.2 Å². The number of thiazole rings is 1. The zero-order valence-corrected chi connectivity index (χ0v) is 23.3. The van der Waals surface area contributed by atoms with Crippen molar-refractivity contribution in [2.75, 3.05) is 11.5 Å². The number of thiophene rings is 1. The van der Waals surface area contributed by atoms with Gasteiger partial charge in [-0.25, -0.2) is 0 Å². The number of anilines is 1. The molecule has 2 amide bonds. The first-order chi connectivity index (χ1) is 18.4. The lowest BCUT2D eigenvalue weighted by Gasteiger charge is -2.42. The minimum atomic E-state index is -0.427. The Balaban J connectivity index is 1.30. The average Bonchev–Trinajstić information content (AvgIpc) is 3.70. The minimum Gasteiger partial charge on any atom is -0.465 e. The van der Waals surface area contributed by atoms with Gasteiger partial charge < -0.3 is 4.74 Å². The van der Waals surface area contributed by atoms with Crippen molar-refractivity contribution in [2.45, 2.75) is 43.0 Å². The maximum Gasteiger partial charge on any atom is 0.326 e. The van der Waals surface area contributed by atoms with Crippen LogP contribution in [0.15, 0.2) is 51.6 Å². The number of esters is 1. The molecule has 1 aromatic carbocycles. The van der Waals surface area contributed by atoms with E-state index in [0.29, 0.717) is 5.69 Å². The van der Waals surface area contributed by atoms with E-state index in [1.165, 1.54) is 21.1 Å². The summed E-state index contributed by atoms with van der Waals surface area (Å²) in [5, 5.41) is 2.96. The number of benzene rings is 1. The summed E-state index contributed by atoms with van der Waals surface area (Å²) in [6, 6.07) is 11.7. The van der Waals surface area contributed by atoms with Crippen molar-refractivity contribution in [3.8, 4) is 0 Å². The van der Waals surface area contributed by atoms with E-state index in [1.54, 1.807) is 34.6 Å². The first-order valence-corrected chi connectivity index (χ1v) is 15.5. The lowest BCUT2D eigenvalue weighted by Crippen LogP contribution is -2.43. The molecule has 2 aliphatic heterocycles. The third-order valence-corrected chi connectivity index (χ3v) is 12.4. The molecule has 4 heterocycles. The van der Waals surface area contributed by atoms with Crippen LogP contribution in [0.1, 0.15) is 34.6 Å². The summed E-state index contributed by atoms with van der Waals surface area (Å²) in [6.07, 6.45) is 0.843. The van der Waals surface area contributed by atoms with Crippen LogP contribution in [0.25, 0.3) is 0 Å². The van der Waals surface area contributed by atoms with Crippen molar-refractivity contribution in [3.05, 3.63) is 66.8 Å². The molecule has 7 unspecified atom stereocenters. The van der Waals surface area contributed by atoms with Gasteiger partial charge in [-0.15, -0.1) is 23.1 Å². The molecule has 7 rings (SSSR count). The van der Waals surface area contributed by atoms with Gasteiger partial charge in [0.25, 0.3) is 0 Å². The molecule has 10 heteroatoms. The molecule has 38 heavy (non-hydrogen) atoms. The molecule has 2 saturated carbocycles.